The average Bonchev–Trinajstić information content (AvgIpc) is 2.86. The second-order valence-corrected chi connectivity index (χ2v) is 4.18. The van der Waals surface area contributed by atoms with Gasteiger partial charge in [-0.15, -0.1) is 0 Å². The predicted molar refractivity (Wildman–Crippen MR) is 62.4 cm³/mol. The van der Waals surface area contributed by atoms with Crippen molar-refractivity contribution in [3.8, 4) is 0 Å². The van der Waals surface area contributed by atoms with Gasteiger partial charge in [0.05, 0.1) is 6.61 Å². The quantitative estimate of drug-likeness (QED) is 0.740. The third kappa shape index (κ3) is 2.74. The standard InChI is InChI=1S/C11H15N3O4/c1-17-11(4-5-18-7-11)6-12-10(16)8-2-3-9(15)14-13-8/h2-3H,4-7H2,1H3,(H,12,16)(H,14,15). The second kappa shape index (κ2) is 5.28. The minimum absolute atomic E-state index is 0.166. The Labute approximate surface area is 103 Å². The summed E-state index contributed by atoms with van der Waals surface area (Å²) in [5.41, 5.74) is -0.637. The van der Waals surface area contributed by atoms with E-state index in [2.05, 4.69) is 15.5 Å². The maximum Gasteiger partial charge on any atom is 0.271 e. The molecule has 0 aliphatic carbocycles. The molecule has 7 heteroatoms. The molecule has 0 saturated carbocycles. The molecule has 1 saturated heterocycles. The normalized spacial score (nSPS) is 22.9. The summed E-state index contributed by atoms with van der Waals surface area (Å²) in [6.45, 7) is 1.44. The lowest BCUT2D eigenvalue weighted by atomic mass is 10.0. The van der Waals surface area contributed by atoms with Crippen LogP contribution in [0.1, 0.15) is 16.9 Å². The van der Waals surface area contributed by atoms with Crippen molar-refractivity contribution in [1.82, 2.24) is 15.5 Å². The fourth-order valence-corrected chi connectivity index (χ4v) is 1.76. The molecule has 1 atom stereocenters. The molecule has 1 aliphatic rings. The number of nitrogens with zero attached hydrogens (tertiary/aromatic N) is 1. The van der Waals surface area contributed by atoms with Crippen LogP contribution in [0.25, 0.3) is 0 Å². The molecule has 0 bridgehead atoms. The van der Waals surface area contributed by atoms with E-state index in [-0.39, 0.29) is 17.2 Å². The van der Waals surface area contributed by atoms with Gasteiger partial charge in [-0.2, -0.15) is 5.10 Å². The second-order valence-electron chi connectivity index (χ2n) is 4.18. The van der Waals surface area contributed by atoms with Crippen molar-refractivity contribution in [3.05, 3.63) is 28.2 Å². The molecule has 1 unspecified atom stereocenters. The smallest absolute Gasteiger partial charge is 0.271 e. The first-order valence-electron chi connectivity index (χ1n) is 5.62. The van der Waals surface area contributed by atoms with Crippen LogP contribution in [0.3, 0.4) is 0 Å². The molecule has 98 valence electrons. The van der Waals surface area contributed by atoms with Crippen molar-refractivity contribution in [1.29, 1.82) is 0 Å². The summed E-state index contributed by atoms with van der Waals surface area (Å²) >= 11 is 0. The van der Waals surface area contributed by atoms with Gasteiger partial charge in [0.2, 0.25) is 0 Å². The van der Waals surface area contributed by atoms with Crippen LogP contribution >= 0.6 is 0 Å². The molecular formula is C11H15N3O4. The Balaban J connectivity index is 1.95. The van der Waals surface area contributed by atoms with E-state index in [9.17, 15) is 9.59 Å². The highest BCUT2D eigenvalue weighted by atomic mass is 16.5. The zero-order valence-corrected chi connectivity index (χ0v) is 10.1. The summed E-state index contributed by atoms with van der Waals surface area (Å²) in [6.07, 6.45) is 0.739. The van der Waals surface area contributed by atoms with Gasteiger partial charge < -0.3 is 14.8 Å². The number of amides is 1. The molecule has 2 rings (SSSR count). The highest BCUT2D eigenvalue weighted by Gasteiger charge is 2.35. The lowest BCUT2D eigenvalue weighted by Crippen LogP contribution is -2.45. The maximum atomic E-state index is 11.8. The number of nitrogens with one attached hydrogen (secondary N) is 2. The number of aromatic amines is 1. The first kappa shape index (κ1) is 12.7. The van der Waals surface area contributed by atoms with Crippen LogP contribution in [0.2, 0.25) is 0 Å². The molecule has 0 aromatic carbocycles. The molecular weight excluding hydrogens is 238 g/mol. The van der Waals surface area contributed by atoms with Crippen molar-refractivity contribution < 1.29 is 14.3 Å². The Morgan fingerprint density at radius 1 is 1.67 bits per heavy atom. The Bertz CT molecular complexity index is 459. The van der Waals surface area contributed by atoms with Crippen molar-refractivity contribution >= 4 is 5.91 Å². The Morgan fingerprint density at radius 2 is 2.50 bits per heavy atom. The molecule has 1 fully saturated rings. The molecule has 0 spiro atoms. The third-order valence-corrected chi connectivity index (χ3v) is 2.98. The number of hydrogen-bond donors (Lipinski definition) is 2. The van der Waals surface area contributed by atoms with Gasteiger partial charge in [-0.3, -0.25) is 9.59 Å². The van der Waals surface area contributed by atoms with Crippen LogP contribution in [-0.2, 0) is 9.47 Å². The van der Waals surface area contributed by atoms with Crippen LogP contribution in [0.15, 0.2) is 16.9 Å². The van der Waals surface area contributed by atoms with Gasteiger partial charge in [-0.1, -0.05) is 0 Å². The molecule has 2 N–H and O–H groups in total. The van der Waals surface area contributed by atoms with E-state index >= 15 is 0 Å². The highest BCUT2D eigenvalue weighted by molar-refractivity contribution is 5.92. The molecule has 1 amide bonds. The Hall–Kier alpha value is -1.73. The number of aromatic nitrogens is 2. The third-order valence-electron chi connectivity index (χ3n) is 2.98. The summed E-state index contributed by atoms with van der Waals surface area (Å²) in [5, 5.41) is 8.58. The summed E-state index contributed by atoms with van der Waals surface area (Å²) < 4.78 is 10.7. The van der Waals surface area contributed by atoms with E-state index in [1.165, 1.54) is 12.1 Å². The number of hydrogen-bond acceptors (Lipinski definition) is 5. The van der Waals surface area contributed by atoms with Gasteiger partial charge in [-0.05, 0) is 6.07 Å². The van der Waals surface area contributed by atoms with Gasteiger partial charge >= 0.3 is 0 Å². The summed E-state index contributed by atoms with van der Waals surface area (Å²) in [6, 6.07) is 2.63. The lowest BCUT2D eigenvalue weighted by molar-refractivity contribution is -0.0149. The molecule has 1 aromatic rings. The van der Waals surface area contributed by atoms with Gasteiger partial charge in [0.1, 0.15) is 11.3 Å². The van der Waals surface area contributed by atoms with Crippen LogP contribution in [0.5, 0.6) is 0 Å². The van der Waals surface area contributed by atoms with E-state index in [0.29, 0.717) is 19.8 Å². The lowest BCUT2D eigenvalue weighted by Gasteiger charge is -2.25. The number of methoxy groups -OCH3 is 1. The summed E-state index contributed by atoms with van der Waals surface area (Å²) in [5.74, 6) is -0.352. The number of carbonyl (C=O) groups excluding carboxylic acids is 1. The van der Waals surface area contributed by atoms with Crippen LogP contribution in [0.4, 0.5) is 0 Å². The monoisotopic (exact) mass is 253 g/mol. The van der Waals surface area contributed by atoms with E-state index < -0.39 is 5.60 Å². The van der Waals surface area contributed by atoms with Crippen molar-refractivity contribution in [3.63, 3.8) is 0 Å². The first-order valence-corrected chi connectivity index (χ1v) is 5.62. The number of carbonyl (C=O) groups is 1. The number of ether oxygens (including phenoxy) is 2. The van der Waals surface area contributed by atoms with E-state index in [1.54, 1.807) is 7.11 Å². The van der Waals surface area contributed by atoms with Gasteiger partial charge in [0.15, 0.2) is 0 Å². The average molecular weight is 253 g/mol. The van der Waals surface area contributed by atoms with E-state index in [4.69, 9.17) is 9.47 Å². The Kier molecular flexibility index (Phi) is 3.73. The topological polar surface area (TPSA) is 93.3 Å². The highest BCUT2D eigenvalue weighted by Crippen LogP contribution is 2.21. The van der Waals surface area contributed by atoms with Gasteiger partial charge in [-0.25, -0.2) is 5.10 Å². The fraction of sp³-hybridized carbons (Fsp3) is 0.545. The SMILES string of the molecule is COC1(CNC(=O)c2ccc(=O)[nH]n2)CCOC1. The van der Waals surface area contributed by atoms with E-state index in [1.807, 2.05) is 0 Å². The van der Waals surface area contributed by atoms with Gasteiger partial charge in [0, 0.05) is 32.7 Å². The van der Waals surface area contributed by atoms with Crippen molar-refractivity contribution in [2.45, 2.75) is 12.0 Å². The minimum Gasteiger partial charge on any atom is -0.378 e. The minimum atomic E-state index is -0.460. The largest absolute Gasteiger partial charge is 0.378 e. The van der Waals surface area contributed by atoms with E-state index in [0.717, 1.165) is 6.42 Å². The van der Waals surface area contributed by atoms with Crippen LogP contribution < -0.4 is 10.9 Å². The molecule has 0 radical (unpaired) electrons. The number of rotatable bonds is 4. The molecule has 2 heterocycles. The molecule has 1 aromatic heterocycles. The maximum absolute atomic E-state index is 11.8. The van der Waals surface area contributed by atoms with Crippen molar-refractivity contribution in [2.24, 2.45) is 0 Å². The molecule has 1 aliphatic heterocycles. The first-order chi connectivity index (χ1) is 8.65. The predicted octanol–water partition coefficient (Wildman–Crippen LogP) is -0.695. The van der Waals surface area contributed by atoms with Gasteiger partial charge in [0.25, 0.3) is 11.5 Å². The fourth-order valence-electron chi connectivity index (χ4n) is 1.76. The molecule has 7 nitrogen and oxygen atoms in total. The Morgan fingerprint density at radius 3 is 3.06 bits per heavy atom. The zero-order chi connectivity index (χ0) is 13.0. The zero-order valence-electron chi connectivity index (χ0n) is 10.1. The van der Waals surface area contributed by atoms with Crippen molar-refractivity contribution in [2.75, 3.05) is 26.9 Å². The van der Waals surface area contributed by atoms with Crippen LogP contribution in [0, 0.1) is 0 Å². The van der Waals surface area contributed by atoms with Crippen LogP contribution in [-0.4, -0.2) is 48.6 Å². The molecule has 18 heavy (non-hydrogen) atoms. The number of H-pyrrole nitrogens is 1. The summed E-state index contributed by atoms with van der Waals surface area (Å²) in [4.78, 5) is 22.6. The summed E-state index contributed by atoms with van der Waals surface area (Å²) in [7, 11) is 1.60.